The lowest BCUT2D eigenvalue weighted by atomic mass is 10.0. The van der Waals surface area contributed by atoms with Gasteiger partial charge in [-0.05, 0) is 55.8 Å². The van der Waals surface area contributed by atoms with E-state index in [4.69, 9.17) is 27.9 Å². The van der Waals surface area contributed by atoms with Crippen LogP contribution in [0, 0.1) is 0 Å². The van der Waals surface area contributed by atoms with Gasteiger partial charge in [0.2, 0.25) is 5.91 Å². The van der Waals surface area contributed by atoms with E-state index >= 15 is 0 Å². The molecule has 1 aliphatic heterocycles. The minimum atomic E-state index is -0.670. The second-order valence-electron chi connectivity index (χ2n) is 7.87. The number of hydrogen-bond acceptors (Lipinski definition) is 5. The summed E-state index contributed by atoms with van der Waals surface area (Å²) in [4.78, 5) is 13.8. The first kappa shape index (κ1) is 23.8. The third kappa shape index (κ3) is 7.98. The zero-order chi connectivity index (χ0) is 22.2. The van der Waals surface area contributed by atoms with Gasteiger partial charge in [-0.2, -0.15) is 0 Å². The molecule has 0 aromatic heterocycles. The summed E-state index contributed by atoms with van der Waals surface area (Å²) >= 11 is 12.0. The summed E-state index contributed by atoms with van der Waals surface area (Å²) in [6, 6.07) is 13.4. The molecule has 1 aliphatic rings. The molecule has 2 aromatic rings. The van der Waals surface area contributed by atoms with E-state index in [0.717, 1.165) is 37.5 Å². The predicted octanol–water partition coefficient (Wildman–Crippen LogP) is 3.95. The van der Waals surface area contributed by atoms with E-state index < -0.39 is 6.10 Å². The number of hydrogen-bond donors (Lipinski definition) is 3. The van der Waals surface area contributed by atoms with Crippen molar-refractivity contribution in [3.8, 4) is 5.75 Å². The van der Waals surface area contributed by atoms with Crippen molar-refractivity contribution in [3.05, 3.63) is 58.1 Å². The number of ether oxygens (including phenoxy) is 1. The van der Waals surface area contributed by atoms with Crippen molar-refractivity contribution >= 4 is 34.8 Å². The van der Waals surface area contributed by atoms with Crippen LogP contribution in [0.5, 0.6) is 5.75 Å². The van der Waals surface area contributed by atoms with Gasteiger partial charge in [0.25, 0.3) is 0 Å². The Morgan fingerprint density at radius 2 is 1.84 bits per heavy atom. The Hall–Kier alpha value is -1.83. The number of piperidine rings is 1. The summed E-state index contributed by atoms with van der Waals surface area (Å²) in [7, 11) is 0. The highest BCUT2D eigenvalue weighted by Crippen LogP contribution is 2.28. The maximum Gasteiger partial charge on any atom is 0.221 e. The van der Waals surface area contributed by atoms with Crippen LogP contribution in [0.3, 0.4) is 0 Å². The normalized spacial score (nSPS) is 16.1. The van der Waals surface area contributed by atoms with Crippen molar-refractivity contribution in [3.63, 3.8) is 0 Å². The van der Waals surface area contributed by atoms with Gasteiger partial charge >= 0.3 is 0 Å². The molecule has 0 saturated carbocycles. The minimum Gasteiger partial charge on any atom is -0.489 e. The molecule has 0 unspecified atom stereocenters. The summed E-state index contributed by atoms with van der Waals surface area (Å²) in [5.74, 6) is 0.244. The molecule has 1 atom stereocenters. The number of nitrogens with one attached hydrogen (secondary N) is 2. The van der Waals surface area contributed by atoms with Crippen molar-refractivity contribution in [1.82, 2.24) is 10.2 Å². The van der Waals surface area contributed by atoms with Gasteiger partial charge < -0.3 is 20.5 Å². The number of amides is 1. The first-order chi connectivity index (χ1) is 14.9. The fraction of sp³-hybridized carbons (Fsp3) is 0.435. The molecular weight excluding hydrogens is 437 g/mol. The van der Waals surface area contributed by atoms with E-state index in [0.29, 0.717) is 29.0 Å². The highest BCUT2D eigenvalue weighted by atomic mass is 35.5. The van der Waals surface area contributed by atoms with E-state index in [2.05, 4.69) is 27.7 Å². The highest BCUT2D eigenvalue weighted by molar-refractivity contribution is 6.31. The van der Waals surface area contributed by atoms with E-state index in [-0.39, 0.29) is 12.5 Å². The molecule has 0 bridgehead atoms. The van der Waals surface area contributed by atoms with Gasteiger partial charge in [0.1, 0.15) is 18.5 Å². The molecule has 8 heteroatoms. The zero-order valence-corrected chi connectivity index (χ0v) is 19.1. The fourth-order valence-corrected chi connectivity index (χ4v) is 3.89. The molecular formula is C23H29Cl2N3O3. The third-order valence-corrected chi connectivity index (χ3v) is 5.72. The Bertz CT molecular complexity index is 856. The van der Waals surface area contributed by atoms with Crippen LogP contribution in [0.4, 0.5) is 5.69 Å². The molecule has 6 nitrogen and oxygen atoms in total. The number of carbonyl (C=O) groups excluding carboxylic acids is 1. The molecule has 3 N–H and O–H groups in total. The Kier molecular flexibility index (Phi) is 8.99. The number of anilines is 1. The van der Waals surface area contributed by atoms with Crippen LogP contribution in [0.25, 0.3) is 0 Å². The topological polar surface area (TPSA) is 73.8 Å². The Morgan fingerprint density at radius 3 is 2.52 bits per heavy atom. The largest absolute Gasteiger partial charge is 0.489 e. The van der Waals surface area contributed by atoms with Gasteiger partial charge in [0.15, 0.2) is 0 Å². The van der Waals surface area contributed by atoms with Gasteiger partial charge in [-0.3, -0.25) is 9.69 Å². The predicted molar refractivity (Wildman–Crippen MR) is 125 cm³/mol. The average Bonchev–Trinajstić information content (AvgIpc) is 2.74. The van der Waals surface area contributed by atoms with Crippen molar-refractivity contribution < 1.29 is 14.6 Å². The number of carbonyl (C=O) groups is 1. The number of nitrogens with zero attached hydrogens (tertiary/aromatic N) is 1. The van der Waals surface area contributed by atoms with Crippen LogP contribution in [-0.4, -0.2) is 54.3 Å². The van der Waals surface area contributed by atoms with E-state index in [9.17, 15) is 9.90 Å². The number of benzene rings is 2. The van der Waals surface area contributed by atoms with Gasteiger partial charge in [0, 0.05) is 42.2 Å². The smallest absolute Gasteiger partial charge is 0.221 e. The van der Waals surface area contributed by atoms with Crippen LogP contribution in [0.15, 0.2) is 42.5 Å². The quantitative estimate of drug-likeness (QED) is 0.522. The molecule has 0 radical (unpaired) electrons. The molecule has 31 heavy (non-hydrogen) atoms. The average molecular weight is 466 g/mol. The van der Waals surface area contributed by atoms with Gasteiger partial charge in [0.05, 0.1) is 5.69 Å². The number of halogens is 2. The molecule has 2 aromatic carbocycles. The number of aliphatic hydroxyl groups is 1. The summed E-state index contributed by atoms with van der Waals surface area (Å²) in [6.07, 6.45) is 1.39. The maximum absolute atomic E-state index is 11.3. The second kappa shape index (κ2) is 11.7. The van der Waals surface area contributed by atoms with E-state index in [1.807, 2.05) is 12.1 Å². The van der Waals surface area contributed by atoms with Crippen molar-refractivity contribution in [1.29, 1.82) is 0 Å². The number of likely N-dealkylation sites (tertiary alicyclic amines) is 1. The lowest BCUT2D eigenvalue weighted by Crippen LogP contribution is -2.45. The maximum atomic E-state index is 11.3. The Morgan fingerprint density at radius 1 is 1.16 bits per heavy atom. The summed E-state index contributed by atoms with van der Waals surface area (Å²) in [6.45, 7) is 4.92. The first-order valence-electron chi connectivity index (χ1n) is 10.5. The van der Waals surface area contributed by atoms with Gasteiger partial charge in [-0.15, -0.1) is 0 Å². The van der Waals surface area contributed by atoms with Crippen LogP contribution in [-0.2, 0) is 11.3 Å². The molecule has 1 heterocycles. The molecule has 3 rings (SSSR count). The number of aliphatic hydroxyl groups excluding tert-OH is 1. The SMILES string of the molecule is CC(=O)Nc1ccc(Cl)cc1OC[C@H](O)CNC1CCN(Cc2ccc(Cl)cc2)CC1. The Labute approximate surface area is 193 Å². The van der Waals surface area contributed by atoms with Crippen LogP contribution in [0.1, 0.15) is 25.3 Å². The monoisotopic (exact) mass is 465 g/mol. The van der Waals surface area contributed by atoms with Crippen LogP contribution < -0.4 is 15.4 Å². The number of rotatable bonds is 9. The van der Waals surface area contributed by atoms with Gasteiger partial charge in [-0.25, -0.2) is 0 Å². The third-order valence-electron chi connectivity index (χ3n) is 5.23. The van der Waals surface area contributed by atoms with Crippen molar-refractivity contribution in [2.75, 3.05) is 31.6 Å². The summed E-state index contributed by atoms with van der Waals surface area (Å²) in [5, 5.41) is 17.7. The van der Waals surface area contributed by atoms with E-state index in [1.54, 1.807) is 18.2 Å². The molecule has 1 saturated heterocycles. The molecule has 0 aliphatic carbocycles. The molecule has 1 fully saturated rings. The van der Waals surface area contributed by atoms with Gasteiger partial charge in [-0.1, -0.05) is 35.3 Å². The van der Waals surface area contributed by atoms with Crippen molar-refractivity contribution in [2.24, 2.45) is 0 Å². The first-order valence-corrected chi connectivity index (χ1v) is 11.2. The van der Waals surface area contributed by atoms with Crippen molar-refractivity contribution in [2.45, 2.75) is 38.5 Å². The summed E-state index contributed by atoms with van der Waals surface area (Å²) in [5.41, 5.74) is 1.80. The minimum absolute atomic E-state index is 0.106. The zero-order valence-electron chi connectivity index (χ0n) is 17.6. The standard InChI is InChI=1S/C23H29Cl2N3O3/c1-16(29)27-22-7-6-19(25)12-23(22)31-15-21(30)13-26-20-8-10-28(11-9-20)14-17-2-4-18(24)5-3-17/h2-7,12,20-21,26,30H,8-11,13-15H2,1H3,(H,27,29)/t21-/m1/s1. The molecule has 1 amide bonds. The fourth-order valence-electron chi connectivity index (χ4n) is 3.60. The lowest BCUT2D eigenvalue weighted by molar-refractivity contribution is -0.114. The second-order valence-corrected chi connectivity index (χ2v) is 8.74. The Balaban J connectivity index is 1.38. The van der Waals surface area contributed by atoms with Crippen LogP contribution >= 0.6 is 23.2 Å². The molecule has 0 spiro atoms. The lowest BCUT2D eigenvalue weighted by Gasteiger charge is -2.33. The highest BCUT2D eigenvalue weighted by Gasteiger charge is 2.20. The summed E-state index contributed by atoms with van der Waals surface area (Å²) < 4.78 is 5.71. The molecule has 168 valence electrons. The van der Waals surface area contributed by atoms with E-state index in [1.165, 1.54) is 12.5 Å². The van der Waals surface area contributed by atoms with Crippen LogP contribution in [0.2, 0.25) is 10.0 Å².